The van der Waals surface area contributed by atoms with Gasteiger partial charge in [0, 0.05) is 16.6 Å². The Hall–Kier alpha value is -1.36. The summed E-state index contributed by atoms with van der Waals surface area (Å²) in [6.07, 6.45) is 0. The SMILES string of the molecule is CCn1c(-c2cccc(Br)c2)noc1=O. The first kappa shape index (κ1) is 10.2. The summed E-state index contributed by atoms with van der Waals surface area (Å²) in [5.41, 5.74) is 0.858. The molecule has 1 aromatic heterocycles. The molecule has 0 atom stereocenters. The molecule has 0 spiro atoms. The number of nitrogens with zero attached hydrogens (tertiary/aromatic N) is 2. The van der Waals surface area contributed by atoms with E-state index >= 15 is 0 Å². The van der Waals surface area contributed by atoms with Crippen molar-refractivity contribution in [2.24, 2.45) is 0 Å². The highest BCUT2D eigenvalue weighted by Gasteiger charge is 2.10. The van der Waals surface area contributed by atoms with Gasteiger partial charge < -0.3 is 0 Å². The average Bonchev–Trinajstić information content (AvgIpc) is 2.59. The summed E-state index contributed by atoms with van der Waals surface area (Å²) < 4.78 is 7.05. The Kier molecular flexibility index (Phi) is 2.73. The molecule has 5 heteroatoms. The molecule has 4 nitrogen and oxygen atoms in total. The van der Waals surface area contributed by atoms with Gasteiger partial charge in [-0.1, -0.05) is 33.2 Å². The van der Waals surface area contributed by atoms with E-state index in [1.807, 2.05) is 31.2 Å². The summed E-state index contributed by atoms with van der Waals surface area (Å²) in [6.45, 7) is 2.42. The van der Waals surface area contributed by atoms with Crippen LogP contribution in [0.4, 0.5) is 0 Å². The van der Waals surface area contributed by atoms with Gasteiger partial charge in [0.15, 0.2) is 5.82 Å². The molecular weight excluding hydrogens is 260 g/mol. The van der Waals surface area contributed by atoms with Gasteiger partial charge in [-0.05, 0) is 19.1 Å². The average molecular weight is 269 g/mol. The van der Waals surface area contributed by atoms with Crippen molar-refractivity contribution in [3.63, 3.8) is 0 Å². The van der Waals surface area contributed by atoms with Crippen molar-refractivity contribution in [3.8, 4) is 11.4 Å². The fraction of sp³-hybridized carbons (Fsp3) is 0.200. The van der Waals surface area contributed by atoms with Crippen LogP contribution in [0.1, 0.15) is 6.92 Å². The molecule has 0 saturated carbocycles. The van der Waals surface area contributed by atoms with Crippen LogP contribution in [0.25, 0.3) is 11.4 Å². The smallest absolute Gasteiger partial charge is 0.295 e. The van der Waals surface area contributed by atoms with Crippen molar-refractivity contribution in [3.05, 3.63) is 39.3 Å². The second-order valence-electron chi connectivity index (χ2n) is 3.03. The minimum absolute atomic E-state index is 0.424. The molecule has 0 aliphatic carbocycles. The highest BCUT2D eigenvalue weighted by molar-refractivity contribution is 9.10. The van der Waals surface area contributed by atoms with Crippen LogP contribution in [0.2, 0.25) is 0 Å². The van der Waals surface area contributed by atoms with E-state index in [9.17, 15) is 4.79 Å². The van der Waals surface area contributed by atoms with Gasteiger partial charge in [0.05, 0.1) is 0 Å². The van der Waals surface area contributed by atoms with Gasteiger partial charge in [0.25, 0.3) is 0 Å². The van der Waals surface area contributed by atoms with E-state index in [0.29, 0.717) is 12.4 Å². The Morgan fingerprint density at radius 1 is 1.53 bits per heavy atom. The van der Waals surface area contributed by atoms with E-state index in [0.717, 1.165) is 10.0 Å². The molecule has 78 valence electrons. The van der Waals surface area contributed by atoms with Crippen LogP contribution < -0.4 is 5.76 Å². The van der Waals surface area contributed by atoms with Crippen molar-refractivity contribution in [1.29, 1.82) is 0 Å². The molecule has 0 unspecified atom stereocenters. The minimum atomic E-state index is -0.424. The highest BCUT2D eigenvalue weighted by atomic mass is 79.9. The zero-order valence-corrected chi connectivity index (χ0v) is 9.69. The fourth-order valence-electron chi connectivity index (χ4n) is 1.38. The number of halogens is 1. The molecule has 1 aromatic carbocycles. The first-order chi connectivity index (χ1) is 7.22. The number of rotatable bonds is 2. The maximum atomic E-state index is 11.3. The lowest BCUT2D eigenvalue weighted by Crippen LogP contribution is -2.13. The topological polar surface area (TPSA) is 48.0 Å². The lowest BCUT2D eigenvalue weighted by Gasteiger charge is -2.00. The van der Waals surface area contributed by atoms with Crippen LogP contribution in [0.3, 0.4) is 0 Å². The first-order valence-corrected chi connectivity index (χ1v) is 5.34. The molecule has 0 N–H and O–H groups in total. The molecule has 0 aliphatic heterocycles. The molecule has 2 aromatic rings. The van der Waals surface area contributed by atoms with Crippen LogP contribution in [0, 0.1) is 0 Å². The number of hydrogen-bond acceptors (Lipinski definition) is 3. The minimum Gasteiger partial charge on any atom is -0.295 e. The maximum absolute atomic E-state index is 11.3. The van der Waals surface area contributed by atoms with Gasteiger partial charge in [-0.25, -0.2) is 4.79 Å². The van der Waals surface area contributed by atoms with E-state index in [4.69, 9.17) is 0 Å². The summed E-state index contributed by atoms with van der Waals surface area (Å²) in [7, 11) is 0. The summed E-state index contributed by atoms with van der Waals surface area (Å²) in [6, 6.07) is 7.58. The second kappa shape index (κ2) is 4.02. The molecule has 0 saturated heterocycles. The summed E-state index contributed by atoms with van der Waals surface area (Å²) >= 11 is 3.37. The zero-order valence-electron chi connectivity index (χ0n) is 8.11. The van der Waals surface area contributed by atoms with Crippen LogP contribution in [0.15, 0.2) is 38.1 Å². The predicted molar refractivity (Wildman–Crippen MR) is 59.6 cm³/mol. The molecule has 15 heavy (non-hydrogen) atoms. The largest absolute Gasteiger partial charge is 0.441 e. The number of hydrogen-bond donors (Lipinski definition) is 0. The molecule has 1 heterocycles. The van der Waals surface area contributed by atoms with Crippen LogP contribution >= 0.6 is 15.9 Å². The Morgan fingerprint density at radius 2 is 2.33 bits per heavy atom. The number of benzene rings is 1. The Bertz CT molecular complexity index is 530. The molecule has 0 bridgehead atoms. The van der Waals surface area contributed by atoms with Gasteiger partial charge >= 0.3 is 5.76 Å². The Balaban J connectivity index is 2.59. The van der Waals surface area contributed by atoms with Crippen LogP contribution in [-0.4, -0.2) is 9.72 Å². The summed E-state index contributed by atoms with van der Waals surface area (Å²) in [5.74, 6) is 0.135. The van der Waals surface area contributed by atoms with Crippen molar-refractivity contribution >= 4 is 15.9 Å². The van der Waals surface area contributed by atoms with Crippen LogP contribution in [0.5, 0.6) is 0 Å². The van der Waals surface area contributed by atoms with E-state index in [2.05, 4.69) is 25.6 Å². The van der Waals surface area contributed by atoms with Crippen molar-refractivity contribution in [2.75, 3.05) is 0 Å². The lowest BCUT2D eigenvalue weighted by molar-refractivity contribution is 0.377. The van der Waals surface area contributed by atoms with Gasteiger partial charge in [-0.2, -0.15) is 0 Å². The molecule has 0 amide bonds. The third kappa shape index (κ3) is 1.87. The Morgan fingerprint density at radius 3 is 3.00 bits per heavy atom. The fourth-order valence-corrected chi connectivity index (χ4v) is 1.78. The van der Waals surface area contributed by atoms with Crippen molar-refractivity contribution in [1.82, 2.24) is 9.72 Å². The van der Waals surface area contributed by atoms with Crippen molar-refractivity contribution < 1.29 is 4.52 Å². The molecular formula is C10H9BrN2O2. The van der Waals surface area contributed by atoms with E-state index in [-0.39, 0.29) is 0 Å². The first-order valence-electron chi connectivity index (χ1n) is 4.55. The third-order valence-corrected chi connectivity index (χ3v) is 2.58. The van der Waals surface area contributed by atoms with Crippen molar-refractivity contribution in [2.45, 2.75) is 13.5 Å². The molecule has 0 radical (unpaired) electrons. The van der Waals surface area contributed by atoms with Gasteiger partial charge in [-0.15, -0.1) is 0 Å². The zero-order chi connectivity index (χ0) is 10.8. The molecule has 0 aliphatic rings. The number of aromatic nitrogens is 2. The van der Waals surface area contributed by atoms with Crippen LogP contribution in [-0.2, 0) is 6.54 Å². The third-order valence-electron chi connectivity index (χ3n) is 2.09. The summed E-state index contributed by atoms with van der Waals surface area (Å²) in [5, 5.41) is 3.75. The Labute approximate surface area is 94.6 Å². The van der Waals surface area contributed by atoms with E-state index < -0.39 is 5.76 Å². The maximum Gasteiger partial charge on any atom is 0.441 e. The van der Waals surface area contributed by atoms with Gasteiger partial charge in [0.1, 0.15) is 0 Å². The quantitative estimate of drug-likeness (QED) is 0.840. The normalized spacial score (nSPS) is 10.5. The molecule has 2 rings (SSSR count). The molecule has 0 fully saturated rings. The van der Waals surface area contributed by atoms with Gasteiger partial charge in [0.2, 0.25) is 0 Å². The highest BCUT2D eigenvalue weighted by Crippen LogP contribution is 2.20. The monoisotopic (exact) mass is 268 g/mol. The summed E-state index contributed by atoms with van der Waals surface area (Å²) in [4.78, 5) is 11.3. The van der Waals surface area contributed by atoms with Gasteiger partial charge in [-0.3, -0.25) is 9.09 Å². The predicted octanol–water partition coefficient (Wildman–Crippen LogP) is 2.29. The lowest BCUT2D eigenvalue weighted by atomic mass is 10.2. The van der Waals surface area contributed by atoms with E-state index in [1.54, 1.807) is 0 Å². The second-order valence-corrected chi connectivity index (χ2v) is 3.94. The van der Waals surface area contributed by atoms with E-state index in [1.165, 1.54) is 4.57 Å². The standard InChI is InChI=1S/C10H9BrN2O2/c1-2-13-9(12-15-10(13)14)7-4-3-5-8(11)6-7/h3-6H,2H2,1H3.